The van der Waals surface area contributed by atoms with Crippen LogP contribution in [0.3, 0.4) is 0 Å². The molecule has 1 atom stereocenters. The molecule has 0 spiro atoms. The van der Waals surface area contributed by atoms with Gasteiger partial charge >= 0.3 is 0 Å². The number of ether oxygens (including phenoxy) is 1. The zero-order valence-electron chi connectivity index (χ0n) is 9.03. The summed E-state index contributed by atoms with van der Waals surface area (Å²) in [7, 11) is 0. The molecule has 0 aliphatic carbocycles. The van der Waals surface area contributed by atoms with Crippen LogP contribution in [0.15, 0.2) is 24.3 Å². The Bertz CT molecular complexity index is 322. The number of hydrogen-bond donors (Lipinski definition) is 0. The van der Waals surface area contributed by atoms with Crippen LogP contribution in [0.1, 0.15) is 26.3 Å². The van der Waals surface area contributed by atoms with E-state index in [9.17, 15) is 0 Å². The third kappa shape index (κ3) is 1.62. The van der Waals surface area contributed by atoms with Gasteiger partial charge in [0.2, 0.25) is 0 Å². The van der Waals surface area contributed by atoms with Crippen molar-refractivity contribution in [2.75, 3.05) is 0 Å². The van der Waals surface area contributed by atoms with Gasteiger partial charge in [-0.3, -0.25) is 4.90 Å². The number of rotatable bonds is 1. The summed E-state index contributed by atoms with van der Waals surface area (Å²) in [5, 5.41) is 0. The van der Waals surface area contributed by atoms with E-state index in [0.29, 0.717) is 6.04 Å². The minimum absolute atomic E-state index is 0.185. The average molecular weight is 191 g/mol. The molecular formula is C12H17NO. The molecule has 1 aromatic carbocycles. The first-order valence-electron chi connectivity index (χ1n) is 5.19. The molecule has 2 heteroatoms. The second-order valence-corrected chi connectivity index (χ2v) is 4.09. The summed E-state index contributed by atoms with van der Waals surface area (Å²) in [6.07, 6.45) is 0.185. The van der Waals surface area contributed by atoms with Crippen molar-refractivity contribution >= 4 is 0 Å². The zero-order chi connectivity index (χ0) is 10.1. The highest BCUT2D eigenvalue weighted by Gasteiger charge is 2.25. The van der Waals surface area contributed by atoms with Crippen LogP contribution in [0.25, 0.3) is 0 Å². The van der Waals surface area contributed by atoms with Gasteiger partial charge in [0.1, 0.15) is 12.0 Å². The van der Waals surface area contributed by atoms with Crippen LogP contribution < -0.4 is 4.74 Å². The molecule has 0 N–H and O–H groups in total. The molecule has 0 aromatic heterocycles. The Labute approximate surface area is 85.5 Å². The van der Waals surface area contributed by atoms with E-state index in [-0.39, 0.29) is 6.23 Å². The molecule has 2 nitrogen and oxygen atoms in total. The molecule has 0 amide bonds. The largest absolute Gasteiger partial charge is 0.475 e. The standard InChI is InChI=1S/C12H17NO/c1-9(2)13-8-11-6-4-5-7-12(11)14-10(13)3/h4-7,9-10H,8H2,1-3H3. The Kier molecular flexibility index (Phi) is 2.46. The molecule has 1 heterocycles. The van der Waals surface area contributed by atoms with Crippen molar-refractivity contribution in [1.82, 2.24) is 4.90 Å². The molecule has 0 saturated heterocycles. The van der Waals surface area contributed by atoms with E-state index in [1.54, 1.807) is 0 Å². The van der Waals surface area contributed by atoms with Crippen LogP contribution >= 0.6 is 0 Å². The highest BCUT2D eigenvalue weighted by atomic mass is 16.5. The van der Waals surface area contributed by atoms with Crippen LogP contribution in [0.2, 0.25) is 0 Å². The van der Waals surface area contributed by atoms with Crippen molar-refractivity contribution < 1.29 is 4.74 Å². The van der Waals surface area contributed by atoms with Gasteiger partial charge in [0, 0.05) is 18.2 Å². The molecule has 1 aliphatic heterocycles. The summed E-state index contributed by atoms with van der Waals surface area (Å²) in [5.74, 6) is 1.04. The molecule has 0 radical (unpaired) electrons. The second-order valence-electron chi connectivity index (χ2n) is 4.09. The van der Waals surface area contributed by atoms with Gasteiger partial charge in [0.15, 0.2) is 0 Å². The minimum Gasteiger partial charge on any atom is -0.475 e. The van der Waals surface area contributed by atoms with Gasteiger partial charge in [0.05, 0.1) is 0 Å². The smallest absolute Gasteiger partial charge is 0.150 e. The van der Waals surface area contributed by atoms with Crippen LogP contribution in [0.5, 0.6) is 5.75 Å². The Hall–Kier alpha value is -1.02. The van der Waals surface area contributed by atoms with E-state index in [1.807, 2.05) is 12.1 Å². The summed E-state index contributed by atoms with van der Waals surface area (Å²) in [6, 6.07) is 8.80. The van der Waals surface area contributed by atoms with E-state index in [1.165, 1.54) is 5.56 Å². The SMILES string of the molecule is CC(C)N1Cc2ccccc2OC1C. The topological polar surface area (TPSA) is 12.5 Å². The Morgan fingerprint density at radius 1 is 1.36 bits per heavy atom. The van der Waals surface area contributed by atoms with Gasteiger partial charge in [-0.2, -0.15) is 0 Å². The van der Waals surface area contributed by atoms with Crippen molar-refractivity contribution in [3.05, 3.63) is 29.8 Å². The minimum atomic E-state index is 0.185. The van der Waals surface area contributed by atoms with Crippen molar-refractivity contribution in [3.8, 4) is 5.75 Å². The normalized spacial score (nSPS) is 21.9. The molecule has 1 aliphatic rings. The first kappa shape index (κ1) is 9.53. The number of nitrogens with zero attached hydrogens (tertiary/aromatic N) is 1. The average Bonchev–Trinajstić information content (AvgIpc) is 2.16. The fraction of sp³-hybridized carbons (Fsp3) is 0.500. The number of para-hydroxylation sites is 1. The van der Waals surface area contributed by atoms with Gasteiger partial charge in [-0.05, 0) is 26.8 Å². The highest BCUT2D eigenvalue weighted by molar-refractivity contribution is 5.34. The fourth-order valence-corrected chi connectivity index (χ4v) is 1.93. The monoisotopic (exact) mass is 191 g/mol. The second kappa shape index (κ2) is 3.62. The van der Waals surface area contributed by atoms with E-state index >= 15 is 0 Å². The zero-order valence-corrected chi connectivity index (χ0v) is 9.03. The van der Waals surface area contributed by atoms with Crippen molar-refractivity contribution in [2.45, 2.75) is 39.6 Å². The van der Waals surface area contributed by atoms with Gasteiger partial charge in [-0.1, -0.05) is 18.2 Å². The lowest BCUT2D eigenvalue weighted by molar-refractivity contribution is -0.00822. The molecular weight excluding hydrogens is 174 g/mol. The maximum Gasteiger partial charge on any atom is 0.150 e. The van der Waals surface area contributed by atoms with Crippen LogP contribution in [0.4, 0.5) is 0 Å². The molecule has 14 heavy (non-hydrogen) atoms. The van der Waals surface area contributed by atoms with E-state index < -0.39 is 0 Å². The number of hydrogen-bond acceptors (Lipinski definition) is 2. The Morgan fingerprint density at radius 2 is 2.07 bits per heavy atom. The van der Waals surface area contributed by atoms with Gasteiger partial charge in [-0.25, -0.2) is 0 Å². The first-order chi connectivity index (χ1) is 6.68. The molecule has 1 unspecified atom stereocenters. The van der Waals surface area contributed by atoms with Crippen molar-refractivity contribution in [3.63, 3.8) is 0 Å². The van der Waals surface area contributed by atoms with Crippen LogP contribution in [-0.2, 0) is 6.54 Å². The quantitative estimate of drug-likeness (QED) is 0.676. The molecule has 0 fully saturated rings. The van der Waals surface area contributed by atoms with Crippen molar-refractivity contribution in [2.24, 2.45) is 0 Å². The third-order valence-corrected chi connectivity index (χ3v) is 2.75. The number of fused-ring (bicyclic) bond motifs is 1. The summed E-state index contributed by atoms with van der Waals surface area (Å²) in [5.41, 5.74) is 1.29. The summed E-state index contributed by atoms with van der Waals surface area (Å²) in [4.78, 5) is 2.35. The molecule has 1 aromatic rings. The molecule has 0 saturated carbocycles. The lowest BCUT2D eigenvalue weighted by atomic mass is 10.1. The van der Waals surface area contributed by atoms with Crippen molar-refractivity contribution in [1.29, 1.82) is 0 Å². The maximum atomic E-state index is 5.83. The van der Waals surface area contributed by atoms with Crippen LogP contribution in [0, 0.1) is 0 Å². The Morgan fingerprint density at radius 3 is 2.79 bits per heavy atom. The predicted octanol–water partition coefficient (Wildman–Crippen LogP) is 2.64. The first-order valence-corrected chi connectivity index (χ1v) is 5.19. The van der Waals surface area contributed by atoms with Gasteiger partial charge < -0.3 is 4.74 Å². The lowest BCUT2D eigenvalue weighted by Crippen LogP contribution is -2.44. The summed E-state index contributed by atoms with van der Waals surface area (Å²) in [6.45, 7) is 7.51. The third-order valence-electron chi connectivity index (χ3n) is 2.75. The van der Waals surface area contributed by atoms with E-state index in [2.05, 4.69) is 37.8 Å². The van der Waals surface area contributed by atoms with E-state index in [4.69, 9.17) is 4.74 Å². The van der Waals surface area contributed by atoms with Crippen LogP contribution in [-0.4, -0.2) is 17.2 Å². The fourth-order valence-electron chi connectivity index (χ4n) is 1.93. The maximum absolute atomic E-state index is 5.83. The summed E-state index contributed by atoms with van der Waals surface area (Å²) < 4.78 is 5.83. The molecule has 2 rings (SSSR count). The lowest BCUT2D eigenvalue weighted by Gasteiger charge is -2.37. The Balaban J connectivity index is 2.27. The number of benzene rings is 1. The summed E-state index contributed by atoms with van der Waals surface area (Å²) >= 11 is 0. The van der Waals surface area contributed by atoms with E-state index in [0.717, 1.165) is 12.3 Å². The molecule has 76 valence electrons. The predicted molar refractivity (Wildman–Crippen MR) is 57.2 cm³/mol. The highest BCUT2D eigenvalue weighted by Crippen LogP contribution is 2.28. The van der Waals surface area contributed by atoms with Gasteiger partial charge in [0.25, 0.3) is 0 Å². The van der Waals surface area contributed by atoms with Gasteiger partial charge in [-0.15, -0.1) is 0 Å². The molecule has 0 bridgehead atoms.